The highest BCUT2D eigenvalue weighted by Crippen LogP contribution is 2.41. The van der Waals surface area contributed by atoms with Gasteiger partial charge in [0, 0.05) is 90.1 Å². The van der Waals surface area contributed by atoms with Crippen molar-refractivity contribution in [3.8, 4) is 0 Å². The van der Waals surface area contributed by atoms with Crippen LogP contribution in [0.25, 0.3) is 0 Å². The third-order valence-electron chi connectivity index (χ3n) is 10.9. The van der Waals surface area contributed by atoms with Crippen molar-refractivity contribution >= 4 is 29.7 Å². The summed E-state index contributed by atoms with van der Waals surface area (Å²) in [5.74, 6) is -3.18. The van der Waals surface area contributed by atoms with Crippen LogP contribution in [-0.4, -0.2) is 141 Å². The number of amides is 5. The zero-order valence-corrected chi connectivity index (χ0v) is 33.3. The molecule has 0 radical (unpaired) electrons. The number of methoxy groups -OCH3 is 3. The number of carbonyl (C=O) groups excluding carboxylic acids is 5. The molecule has 312 valence electrons. The zero-order valence-electron chi connectivity index (χ0n) is 33.3. The van der Waals surface area contributed by atoms with E-state index in [-0.39, 0.29) is 62.2 Å². The normalized spacial score (nSPS) is 28.1. The van der Waals surface area contributed by atoms with Crippen molar-refractivity contribution in [1.82, 2.24) is 20.9 Å². The largest absolute Gasteiger partial charge is 0.447 e. The highest BCUT2D eigenvalue weighted by atomic mass is 16.7. The lowest BCUT2D eigenvalue weighted by Gasteiger charge is -2.48. The van der Waals surface area contributed by atoms with E-state index in [4.69, 9.17) is 28.4 Å². The number of aliphatic hydroxyl groups excluding tert-OH is 2. The second-order valence-corrected chi connectivity index (χ2v) is 15.1. The number of carbonyl (C=O) groups is 5. The summed E-state index contributed by atoms with van der Waals surface area (Å²) < 4.78 is 34.5. The molecule has 5 amide bonds. The molecule has 55 heavy (non-hydrogen) atoms. The zero-order chi connectivity index (χ0) is 40.9. The SMILES string of the molecule is C=C1C[C@](OC)([C@H](O)C(=O)N[C@@H](OC)[C@@H]2C[C@@H](O)C(C)(C)[C@@H](C[C@@H](COC(=O)NCCCNC(=O)CCCCCN3C(=O)C=CC3=O)OC)O2)O[C@H](C)[C@@H]1C. The first-order valence-corrected chi connectivity index (χ1v) is 19.0. The summed E-state index contributed by atoms with van der Waals surface area (Å²) in [6.45, 7) is 12.4. The molecule has 0 aromatic carbocycles. The first kappa shape index (κ1) is 45.9. The van der Waals surface area contributed by atoms with Gasteiger partial charge < -0.3 is 54.6 Å². The number of nitrogens with one attached hydrogen (secondary N) is 3. The number of ether oxygens (including phenoxy) is 6. The van der Waals surface area contributed by atoms with Crippen molar-refractivity contribution < 1.29 is 62.6 Å². The van der Waals surface area contributed by atoms with Crippen molar-refractivity contribution in [2.75, 3.05) is 47.6 Å². The van der Waals surface area contributed by atoms with Gasteiger partial charge in [0.1, 0.15) is 12.7 Å². The van der Waals surface area contributed by atoms with Gasteiger partial charge in [0.05, 0.1) is 24.4 Å². The summed E-state index contributed by atoms with van der Waals surface area (Å²) in [4.78, 5) is 62.2. The molecule has 0 spiro atoms. The topological polar surface area (TPSA) is 221 Å². The van der Waals surface area contributed by atoms with Gasteiger partial charge in [0.15, 0.2) is 12.3 Å². The minimum absolute atomic E-state index is 0.00692. The van der Waals surface area contributed by atoms with Crippen LogP contribution in [0.5, 0.6) is 0 Å². The summed E-state index contributed by atoms with van der Waals surface area (Å²) in [7, 11) is 4.21. The van der Waals surface area contributed by atoms with Gasteiger partial charge in [-0.05, 0) is 26.2 Å². The van der Waals surface area contributed by atoms with Gasteiger partial charge in [-0.1, -0.05) is 39.3 Å². The Balaban J connectivity index is 1.40. The minimum Gasteiger partial charge on any atom is -0.447 e. The number of alkyl carbamates (subject to hydrolysis) is 1. The fourth-order valence-electron chi connectivity index (χ4n) is 6.79. The van der Waals surface area contributed by atoms with Crippen molar-refractivity contribution in [2.24, 2.45) is 11.3 Å². The molecule has 3 heterocycles. The maximum Gasteiger partial charge on any atom is 0.407 e. The number of aliphatic hydroxyl groups is 2. The molecule has 0 bridgehead atoms. The van der Waals surface area contributed by atoms with E-state index in [0.29, 0.717) is 45.2 Å². The van der Waals surface area contributed by atoms with Gasteiger partial charge >= 0.3 is 6.09 Å². The molecule has 0 saturated carbocycles. The van der Waals surface area contributed by atoms with Gasteiger partial charge in [0.2, 0.25) is 11.7 Å². The molecule has 9 atom stereocenters. The van der Waals surface area contributed by atoms with E-state index in [1.165, 1.54) is 38.4 Å². The Hall–Kier alpha value is -3.45. The molecule has 0 aromatic rings. The highest BCUT2D eigenvalue weighted by Gasteiger charge is 2.51. The maximum absolute atomic E-state index is 13.4. The summed E-state index contributed by atoms with van der Waals surface area (Å²) in [5, 5.41) is 30.5. The molecule has 2 saturated heterocycles. The maximum atomic E-state index is 13.4. The third-order valence-corrected chi connectivity index (χ3v) is 10.9. The van der Waals surface area contributed by atoms with Gasteiger partial charge in [0.25, 0.3) is 17.7 Å². The van der Waals surface area contributed by atoms with Crippen LogP contribution in [0.1, 0.15) is 79.1 Å². The first-order chi connectivity index (χ1) is 26.0. The molecule has 0 aromatic heterocycles. The van der Waals surface area contributed by atoms with Gasteiger partial charge in [-0.25, -0.2) is 4.79 Å². The minimum atomic E-state index is -1.73. The predicted octanol–water partition coefficient (Wildman–Crippen LogP) is 1.45. The third kappa shape index (κ3) is 12.5. The molecule has 2 fully saturated rings. The fourth-order valence-corrected chi connectivity index (χ4v) is 6.79. The van der Waals surface area contributed by atoms with Crippen LogP contribution < -0.4 is 16.0 Å². The quantitative estimate of drug-likeness (QED) is 0.0483. The molecule has 3 aliphatic heterocycles. The Kier molecular flexibility index (Phi) is 17.7. The summed E-state index contributed by atoms with van der Waals surface area (Å²) >= 11 is 0. The van der Waals surface area contributed by atoms with Crippen LogP contribution in [-0.2, 0) is 47.6 Å². The Morgan fingerprint density at radius 1 is 1.02 bits per heavy atom. The molecule has 3 aliphatic rings. The number of nitrogens with zero attached hydrogens (tertiary/aromatic N) is 1. The van der Waals surface area contributed by atoms with Crippen LogP contribution in [0, 0.1) is 11.3 Å². The van der Waals surface area contributed by atoms with E-state index in [9.17, 15) is 34.2 Å². The average molecular weight is 783 g/mol. The molecular weight excluding hydrogens is 720 g/mol. The number of rotatable bonds is 21. The van der Waals surface area contributed by atoms with Crippen LogP contribution >= 0.6 is 0 Å². The fraction of sp³-hybridized carbons (Fsp3) is 0.763. The molecular formula is C38H62N4O13. The van der Waals surface area contributed by atoms with Crippen molar-refractivity contribution in [3.05, 3.63) is 24.3 Å². The Morgan fingerprint density at radius 3 is 2.31 bits per heavy atom. The lowest BCUT2D eigenvalue weighted by Crippen LogP contribution is -2.62. The first-order valence-electron chi connectivity index (χ1n) is 19.0. The van der Waals surface area contributed by atoms with Gasteiger partial charge in [-0.2, -0.15) is 0 Å². The molecule has 0 unspecified atom stereocenters. The Labute approximate surface area is 323 Å². The van der Waals surface area contributed by atoms with E-state index in [0.717, 1.165) is 5.57 Å². The van der Waals surface area contributed by atoms with Crippen LogP contribution in [0.4, 0.5) is 4.79 Å². The van der Waals surface area contributed by atoms with Crippen molar-refractivity contribution in [1.29, 1.82) is 0 Å². The Bertz CT molecular complexity index is 1360. The molecule has 17 heteroatoms. The molecule has 3 rings (SSSR count). The van der Waals surface area contributed by atoms with Crippen LogP contribution in [0.2, 0.25) is 0 Å². The van der Waals surface area contributed by atoms with Gasteiger partial charge in [-0.15, -0.1) is 0 Å². The van der Waals surface area contributed by atoms with Crippen LogP contribution in [0.3, 0.4) is 0 Å². The molecule has 0 aliphatic carbocycles. The number of unbranched alkanes of at least 4 members (excludes halogenated alkanes) is 2. The molecule has 17 nitrogen and oxygen atoms in total. The predicted molar refractivity (Wildman–Crippen MR) is 198 cm³/mol. The van der Waals surface area contributed by atoms with E-state index in [1.807, 2.05) is 27.7 Å². The van der Waals surface area contributed by atoms with E-state index in [2.05, 4.69) is 22.5 Å². The number of hydrogen-bond acceptors (Lipinski definition) is 13. The average Bonchev–Trinajstić information content (AvgIpc) is 3.47. The van der Waals surface area contributed by atoms with Crippen molar-refractivity contribution in [3.63, 3.8) is 0 Å². The standard InChI is InChI=1S/C38H62N4O13/c1-23-21-38(52-8,55-25(3)24(23)2)33(47)34(48)41-35(51-7)27-20-28(43)37(4,5)29(54-27)19-26(50-6)22-53-36(49)40-17-12-16-39-30(44)13-10-9-11-18-42-31(45)14-15-32(42)46/h14-15,24-29,33,35,43,47H,1,9-13,16-22H2,2-8H3,(H,39,44)(H,40,49)(H,41,48)/t24-,25-,26+,27+,28-,29-,33-,35+,38-/m1/s1. The number of imide groups is 1. The van der Waals surface area contributed by atoms with E-state index < -0.39 is 60.0 Å². The summed E-state index contributed by atoms with van der Waals surface area (Å²) in [5.41, 5.74) is 0.0277. The van der Waals surface area contributed by atoms with E-state index >= 15 is 0 Å². The molecule has 5 N–H and O–H groups in total. The van der Waals surface area contributed by atoms with Crippen molar-refractivity contribution in [2.45, 2.75) is 128 Å². The second-order valence-electron chi connectivity index (χ2n) is 15.1. The second kappa shape index (κ2) is 21.2. The van der Waals surface area contributed by atoms with Crippen LogP contribution in [0.15, 0.2) is 24.3 Å². The smallest absolute Gasteiger partial charge is 0.407 e. The number of hydrogen-bond donors (Lipinski definition) is 5. The summed E-state index contributed by atoms with van der Waals surface area (Å²) in [6, 6.07) is 0. The van der Waals surface area contributed by atoms with Gasteiger partial charge in [-0.3, -0.25) is 24.1 Å². The monoisotopic (exact) mass is 782 g/mol. The highest BCUT2D eigenvalue weighted by molar-refractivity contribution is 6.12. The van der Waals surface area contributed by atoms with E-state index in [1.54, 1.807) is 0 Å². The summed E-state index contributed by atoms with van der Waals surface area (Å²) in [6.07, 6.45) is -0.986. The Morgan fingerprint density at radius 2 is 1.69 bits per heavy atom. The lowest BCUT2D eigenvalue weighted by molar-refractivity contribution is -0.298. The lowest BCUT2D eigenvalue weighted by atomic mass is 9.74.